The molecule has 1 aliphatic carbocycles. The molecule has 4 aromatic carbocycles. The highest BCUT2D eigenvalue weighted by molar-refractivity contribution is 6.18. The van der Waals surface area contributed by atoms with Crippen molar-refractivity contribution in [3.8, 4) is 39.7 Å². The van der Waals surface area contributed by atoms with E-state index in [1.807, 2.05) is 54.7 Å². The van der Waals surface area contributed by atoms with Gasteiger partial charge in [0.05, 0.1) is 11.2 Å². The Morgan fingerprint density at radius 1 is 0.674 bits per heavy atom. The summed E-state index contributed by atoms with van der Waals surface area (Å²) in [6.07, 6.45) is 3.64. The highest BCUT2D eigenvalue weighted by Gasteiger charge is 2.36. The third-order valence-corrected chi connectivity index (χ3v) is 8.93. The van der Waals surface area contributed by atoms with Gasteiger partial charge in [0.25, 0.3) is 0 Å². The molecule has 204 valence electrons. The number of fused-ring (bicyclic) bond motifs is 8. The minimum absolute atomic E-state index is 0.131. The van der Waals surface area contributed by atoms with E-state index in [4.69, 9.17) is 14.4 Å². The van der Waals surface area contributed by atoms with Crippen molar-refractivity contribution in [3.05, 3.63) is 133 Å². The molecule has 1 aliphatic rings. The van der Waals surface area contributed by atoms with Crippen LogP contribution in [0.5, 0.6) is 0 Å². The maximum atomic E-state index is 6.60. The van der Waals surface area contributed by atoms with Crippen molar-refractivity contribution < 1.29 is 4.42 Å². The molecular formula is C38H26N4O. The van der Waals surface area contributed by atoms with Crippen LogP contribution in [0.25, 0.3) is 72.6 Å². The first-order chi connectivity index (χ1) is 21.1. The molecule has 43 heavy (non-hydrogen) atoms. The van der Waals surface area contributed by atoms with E-state index in [0.29, 0.717) is 5.89 Å². The van der Waals surface area contributed by atoms with Gasteiger partial charge >= 0.3 is 0 Å². The van der Waals surface area contributed by atoms with Gasteiger partial charge in [-0.1, -0.05) is 62.4 Å². The Kier molecular flexibility index (Phi) is 4.89. The normalized spacial score (nSPS) is 13.5. The van der Waals surface area contributed by atoms with Crippen LogP contribution in [0, 0.1) is 0 Å². The summed E-state index contributed by atoms with van der Waals surface area (Å²) in [7, 11) is 0. The maximum Gasteiger partial charge on any atom is 0.227 e. The predicted octanol–water partition coefficient (Wildman–Crippen LogP) is 9.36. The van der Waals surface area contributed by atoms with E-state index in [9.17, 15) is 0 Å². The van der Waals surface area contributed by atoms with Crippen molar-refractivity contribution in [2.75, 3.05) is 0 Å². The lowest BCUT2D eigenvalue weighted by atomic mass is 9.82. The van der Waals surface area contributed by atoms with Gasteiger partial charge in [0, 0.05) is 39.7 Å². The van der Waals surface area contributed by atoms with Gasteiger partial charge in [0.1, 0.15) is 16.9 Å². The van der Waals surface area contributed by atoms with Crippen LogP contribution in [-0.4, -0.2) is 19.5 Å². The quantitative estimate of drug-likeness (QED) is 0.218. The average Bonchev–Trinajstić information content (AvgIpc) is 3.70. The van der Waals surface area contributed by atoms with E-state index in [1.54, 1.807) is 6.20 Å². The molecule has 9 rings (SSSR count). The summed E-state index contributed by atoms with van der Waals surface area (Å²) in [4.78, 5) is 14.4. The van der Waals surface area contributed by atoms with Gasteiger partial charge in [0.15, 0.2) is 5.58 Å². The fourth-order valence-electron chi connectivity index (χ4n) is 6.84. The summed E-state index contributed by atoms with van der Waals surface area (Å²) in [6, 6.07) is 38.0. The molecule has 0 radical (unpaired) electrons. The highest BCUT2D eigenvalue weighted by Crippen LogP contribution is 2.51. The first kappa shape index (κ1) is 24.1. The van der Waals surface area contributed by atoms with Crippen LogP contribution in [0.3, 0.4) is 0 Å². The number of aromatic nitrogens is 4. The highest BCUT2D eigenvalue weighted by atomic mass is 16.3. The molecular weight excluding hydrogens is 528 g/mol. The lowest BCUT2D eigenvalue weighted by Crippen LogP contribution is -2.15. The number of hydrogen-bond donors (Lipinski definition) is 0. The average molecular weight is 555 g/mol. The standard InChI is InChI=1S/C38H26N4O/c1-38(2)29-14-7-6-13-25(29)27-20-28-26-17-18-32-36(43-37(41-32)23-10-4-3-5-11-23)35(26)42(33(28)21-30(27)38)34-16-8-15-31(40-34)24-12-9-19-39-22-24/h3-22H,1-2H3. The first-order valence-corrected chi connectivity index (χ1v) is 14.5. The topological polar surface area (TPSA) is 56.7 Å². The van der Waals surface area contributed by atoms with Crippen molar-refractivity contribution >= 4 is 32.9 Å². The van der Waals surface area contributed by atoms with Gasteiger partial charge in [-0.2, -0.15) is 0 Å². The van der Waals surface area contributed by atoms with E-state index in [1.165, 1.54) is 22.3 Å². The zero-order chi connectivity index (χ0) is 28.7. The number of pyridine rings is 2. The van der Waals surface area contributed by atoms with Crippen molar-refractivity contribution in [1.29, 1.82) is 0 Å². The summed E-state index contributed by atoms with van der Waals surface area (Å²) in [6.45, 7) is 4.64. The Balaban J connectivity index is 1.40. The largest absolute Gasteiger partial charge is 0.434 e. The summed E-state index contributed by atoms with van der Waals surface area (Å²) in [5, 5.41) is 2.27. The van der Waals surface area contributed by atoms with E-state index in [-0.39, 0.29) is 5.41 Å². The molecule has 0 N–H and O–H groups in total. The Hall–Kier alpha value is -5.55. The van der Waals surface area contributed by atoms with Crippen LogP contribution >= 0.6 is 0 Å². The maximum absolute atomic E-state index is 6.60. The number of hydrogen-bond acceptors (Lipinski definition) is 4. The number of nitrogens with zero attached hydrogens (tertiary/aromatic N) is 4. The monoisotopic (exact) mass is 554 g/mol. The van der Waals surface area contributed by atoms with Crippen LogP contribution in [0.1, 0.15) is 25.0 Å². The summed E-state index contributed by atoms with van der Waals surface area (Å²) in [5.41, 5.74) is 11.5. The van der Waals surface area contributed by atoms with Crippen LogP contribution in [0.2, 0.25) is 0 Å². The van der Waals surface area contributed by atoms with Gasteiger partial charge in [-0.25, -0.2) is 9.97 Å². The van der Waals surface area contributed by atoms with Crippen molar-refractivity contribution in [2.24, 2.45) is 0 Å². The van der Waals surface area contributed by atoms with Gasteiger partial charge in [-0.3, -0.25) is 9.55 Å². The molecule has 8 aromatic rings. The molecule has 5 nitrogen and oxygen atoms in total. The lowest BCUT2D eigenvalue weighted by Gasteiger charge is -2.21. The minimum Gasteiger partial charge on any atom is -0.434 e. The molecule has 0 atom stereocenters. The molecule has 0 unspecified atom stereocenters. The summed E-state index contributed by atoms with van der Waals surface area (Å²) in [5.74, 6) is 1.43. The Bertz CT molecular complexity index is 2370. The van der Waals surface area contributed by atoms with E-state index in [2.05, 4.69) is 84.1 Å². The van der Waals surface area contributed by atoms with Gasteiger partial charge < -0.3 is 4.42 Å². The van der Waals surface area contributed by atoms with Crippen molar-refractivity contribution in [1.82, 2.24) is 19.5 Å². The fraction of sp³-hybridized carbons (Fsp3) is 0.0789. The van der Waals surface area contributed by atoms with E-state index < -0.39 is 0 Å². The van der Waals surface area contributed by atoms with Crippen LogP contribution in [-0.2, 0) is 5.41 Å². The molecule has 5 heteroatoms. The zero-order valence-electron chi connectivity index (χ0n) is 23.7. The van der Waals surface area contributed by atoms with Gasteiger partial charge in [0.2, 0.25) is 5.89 Å². The fourth-order valence-corrected chi connectivity index (χ4v) is 6.84. The second-order valence-corrected chi connectivity index (χ2v) is 11.7. The molecule has 4 aromatic heterocycles. The van der Waals surface area contributed by atoms with E-state index in [0.717, 1.165) is 55.5 Å². The number of oxazole rings is 1. The number of benzene rings is 4. The Morgan fingerprint density at radius 3 is 2.37 bits per heavy atom. The molecule has 0 bridgehead atoms. The van der Waals surface area contributed by atoms with Crippen molar-refractivity contribution in [3.63, 3.8) is 0 Å². The summed E-state index contributed by atoms with van der Waals surface area (Å²) >= 11 is 0. The third-order valence-electron chi connectivity index (χ3n) is 8.93. The zero-order valence-corrected chi connectivity index (χ0v) is 23.7. The van der Waals surface area contributed by atoms with Crippen LogP contribution < -0.4 is 0 Å². The Labute approximate surface area is 248 Å². The van der Waals surface area contributed by atoms with Crippen LogP contribution in [0.15, 0.2) is 126 Å². The molecule has 0 spiro atoms. The lowest BCUT2D eigenvalue weighted by molar-refractivity contribution is 0.621. The molecule has 0 saturated heterocycles. The van der Waals surface area contributed by atoms with Gasteiger partial charge in [-0.05, 0) is 82.9 Å². The molecule has 0 aliphatic heterocycles. The minimum atomic E-state index is -0.131. The second kappa shape index (κ2) is 8.73. The molecule has 0 fully saturated rings. The molecule has 0 saturated carbocycles. The van der Waals surface area contributed by atoms with Crippen LogP contribution in [0.4, 0.5) is 0 Å². The predicted molar refractivity (Wildman–Crippen MR) is 172 cm³/mol. The first-order valence-electron chi connectivity index (χ1n) is 14.5. The summed E-state index contributed by atoms with van der Waals surface area (Å²) < 4.78 is 8.86. The van der Waals surface area contributed by atoms with E-state index >= 15 is 0 Å². The smallest absolute Gasteiger partial charge is 0.227 e. The van der Waals surface area contributed by atoms with Gasteiger partial charge in [-0.15, -0.1) is 0 Å². The Morgan fingerprint density at radius 2 is 1.51 bits per heavy atom. The molecule has 0 amide bonds. The number of rotatable bonds is 3. The second-order valence-electron chi connectivity index (χ2n) is 11.7. The van der Waals surface area contributed by atoms with Crippen molar-refractivity contribution in [2.45, 2.75) is 19.3 Å². The molecule has 4 heterocycles. The SMILES string of the molecule is CC1(C)c2ccccc2-c2cc3c4ccc5nc(-c6ccccc6)oc5c4n(-c4cccc(-c5cccnc5)n4)c3cc21. The third kappa shape index (κ3) is 3.42.